The van der Waals surface area contributed by atoms with Crippen molar-refractivity contribution in [3.63, 3.8) is 0 Å². The summed E-state index contributed by atoms with van der Waals surface area (Å²) < 4.78 is 27.6. The largest absolute Gasteiger partial charge is 0.479 e. The lowest BCUT2D eigenvalue weighted by Gasteiger charge is -2.60. The molecule has 2 aromatic rings. The van der Waals surface area contributed by atoms with Crippen LogP contribution in [0.1, 0.15) is 31.7 Å². The molecule has 7 nitrogen and oxygen atoms in total. The van der Waals surface area contributed by atoms with Crippen molar-refractivity contribution in [1.82, 2.24) is 14.9 Å². The van der Waals surface area contributed by atoms with Crippen molar-refractivity contribution in [2.75, 3.05) is 5.32 Å². The summed E-state index contributed by atoms with van der Waals surface area (Å²) in [7, 11) is 0. The molecule has 2 aliphatic heterocycles. The van der Waals surface area contributed by atoms with Crippen LogP contribution < -0.4 is 5.32 Å². The van der Waals surface area contributed by atoms with Gasteiger partial charge in [-0.25, -0.2) is 28.3 Å². The molecule has 0 aliphatic carbocycles. The first-order valence-corrected chi connectivity index (χ1v) is 9.33. The van der Waals surface area contributed by atoms with Crippen molar-refractivity contribution in [1.29, 1.82) is 0 Å². The Labute approximate surface area is 165 Å². The number of urea groups is 1. The quantitative estimate of drug-likeness (QED) is 0.818. The Kier molecular flexibility index (Phi) is 4.48. The second-order valence-corrected chi connectivity index (χ2v) is 7.91. The van der Waals surface area contributed by atoms with E-state index in [9.17, 15) is 23.5 Å². The Balaban J connectivity index is 1.63. The first-order chi connectivity index (χ1) is 13.7. The van der Waals surface area contributed by atoms with Gasteiger partial charge in [-0.1, -0.05) is 6.92 Å². The molecule has 29 heavy (non-hydrogen) atoms. The van der Waals surface area contributed by atoms with Crippen molar-refractivity contribution < 1.29 is 23.5 Å². The minimum atomic E-state index is -1.24. The number of hydrogen-bond acceptors (Lipinski definition) is 4. The molecule has 9 heteroatoms. The number of carboxylic acids is 1. The number of nitrogens with zero attached hydrogens (tertiary/aromatic N) is 3. The van der Waals surface area contributed by atoms with E-state index in [1.807, 2.05) is 6.92 Å². The van der Waals surface area contributed by atoms with Gasteiger partial charge in [-0.2, -0.15) is 0 Å². The second kappa shape index (κ2) is 6.75. The lowest BCUT2D eigenvalue weighted by molar-refractivity contribution is -0.173. The average molecular weight is 402 g/mol. The maximum Gasteiger partial charge on any atom is 0.329 e. The maximum absolute atomic E-state index is 14.5. The number of aromatic nitrogens is 2. The third-order valence-electron chi connectivity index (χ3n) is 5.79. The van der Waals surface area contributed by atoms with Gasteiger partial charge in [0.05, 0.1) is 18.1 Å². The zero-order valence-electron chi connectivity index (χ0n) is 15.9. The third kappa shape index (κ3) is 3.10. The number of benzene rings is 1. The Morgan fingerprint density at radius 2 is 1.93 bits per heavy atom. The smallest absolute Gasteiger partial charge is 0.329 e. The number of anilines is 1. The maximum atomic E-state index is 14.5. The van der Waals surface area contributed by atoms with E-state index < -0.39 is 29.2 Å². The van der Waals surface area contributed by atoms with Gasteiger partial charge in [0.1, 0.15) is 11.4 Å². The van der Waals surface area contributed by atoms with Gasteiger partial charge < -0.3 is 15.3 Å². The summed E-state index contributed by atoms with van der Waals surface area (Å²) in [5.74, 6) is -1.91. The van der Waals surface area contributed by atoms with E-state index in [0.29, 0.717) is 30.4 Å². The SMILES string of the molecule is Cc1cc(F)c(NC(=O)N2C3CC(C)CC2(C(=O)O)C3)cc1-c1ncc(F)cn1. The van der Waals surface area contributed by atoms with Crippen LogP contribution in [0.2, 0.25) is 0 Å². The van der Waals surface area contributed by atoms with Crippen molar-refractivity contribution in [3.05, 3.63) is 41.7 Å². The van der Waals surface area contributed by atoms with Crippen LogP contribution in [-0.4, -0.2) is 43.6 Å². The number of amides is 2. The number of hydrogen-bond donors (Lipinski definition) is 2. The molecule has 3 unspecified atom stereocenters. The fourth-order valence-electron chi connectivity index (χ4n) is 4.59. The number of aryl methyl sites for hydroxylation is 1. The molecule has 2 amide bonds. The highest BCUT2D eigenvalue weighted by atomic mass is 19.1. The van der Waals surface area contributed by atoms with Gasteiger partial charge in [-0.05, 0) is 43.4 Å². The zero-order valence-corrected chi connectivity index (χ0v) is 15.9. The topological polar surface area (TPSA) is 95.4 Å². The molecule has 2 fully saturated rings. The number of fused-ring (bicyclic) bond motifs is 2. The van der Waals surface area contributed by atoms with Crippen molar-refractivity contribution in [2.45, 2.75) is 44.7 Å². The molecule has 1 aromatic carbocycles. The van der Waals surface area contributed by atoms with Gasteiger partial charge in [-0.15, -0.1) is 0 Å². The van der Waals surface area contributed by atoms with Crippen LogP contribution in [0.25, 0.3) is 11.4 Å². The van der Waals surface area contributed by atoms with E-state index in [-0.39, 0.29) is 23.5 Å². The van der Waals surface area contributed by atoms with Crippen LogP contribution in [0.5, 0.6) is 0 Å². The summed E-state index contributed by atoms with van der Waals surface area (Å²) >= 11 is 0. The molecule has 0 saturated carbocycles. The van der Waals surface area contributed by atoms with Crippen LogP contribution in [0, 0.1) is 24.5 Å². The van der Waals surface area contributed by atoms with Gasteiger partial charge in [0.25, 0.3) is 0 Å². The molecular weight excluding hydrogens is 382 g/mol. The lowest BCUT2D eigenvalue weighted by atomic mass is 9.64. The molecule has 0 radical (unpaired) electrons. The number of carbonyl (C=O) groups is 2. The number of aliphatic carboxylic acids is 1. The van der Waals surface area contributed by atoms with Gasteiger partial charge in [0, 0.05) is 18.0 Å². The number of halogens is 2. The van der Waals surface area contributed by atoms with E-state index in [1.54, 1.807) is 6.92 Å². The van der Waals surface area contributed by atoms with Crippen LogP contribution in [0.15, 0.2) is 24.5 Å². The summed E-state index contributed by atoms with van der Waals surface area (Å²) in [6.07, 6.45) is 3.50. The number of carbonyl (C=O) groups excluding carboxylic acids is 1. The van der Waals surface area contributed by atoms with Crippen molar-refractivity contribution in [3.8, 4) is 11.4 Å². The predicted octanol–water partition coefficient (Wildman–Crippen LogP) is 3.59. The molecule has 0 spiro atoms. The molecule has 2 N–H and O–H groups in total. The first kappa shape index (κ1) is 19.2. The lowest BCUT2D eigenvalue weighted by Crippen LogP contribution is -2.75. The zero-order chi connectivity index (χ0) is 20.9. The summed E-state index contributed by atoms with van der Waals surface area (Å²) in [6.45, 7) is 3.62. The van der Waals surface area contributed by atoms with Gasteiger partial charge >= 0.3 is 12.0 Å². The molecule has 2 saturated heterocycles. The fraction of sp³-hybridized carbons (Fsp3) is 0.400. The third-order valence-corrected chi connectivity index (χ3v) is 5.79. The van der Waals surface area contributed by atoms with E-state index >= 15 is 0 Å². The number of piperidine rings is 1. The normalized spacial score (nSPS) is 25.3. The van der Waals surface area contributed by atoms with E-state index in [4.69, 9.17) is 0 Å². The second-order valence-electron chi connectivity index (χ2n) is 7.91. The standard InChI is InChI=1S/C20H20F2N4O3/c1-10-3-13-7-20(6-10,18(27)28)26(13)19(29)25-16-5-14(11(2)4-15(16)22)17-23-8-12(21)9-24-17/h4-5,8-10,13H,3,6-7H2,1-2H3,(H,25,29)(H,27,28). The Morgan fingerprint density at radius 1 is 1.24 bits per heavy atom. The van der Waals surface area contributed by atoms with E-state index in [2.05, 4.69) is 15.3 Å². The number of rotatable bonds is 3. The highest BCUT2D eigenvalue weighted by Crippen LogP contribution is 2.50. The van der Waals surface area contributed by atoms with Crippen LogP contribution in [0.4, 0.5) is 19.3 Å². The minimum absolute atomic E-state index is 0.109. The van der Waals surface area contributed by atoms with Crippen molar-refractivity contribution in [2.24, 2.45) is 5.92 Å². The van der Waals surface area contributed by atoms with Crippen LogP contribution >= 0.6 is 0 Å². The van der Waals surface area contributed by atoms with Gasteiger partial charge in [-0.3, -0.25) is 0 Å². The molecule has 1 aromatic heterocycles. The van der Waals surface area contributed by atoms with E-state index in [1.165, 1.54) is 17.0 Å². The highest BCUT2D eigenvalue weighted by molar-refractivity contribution is 5.96. The van der Waals surface area contributed by atoms with Crippen LogP contribution in [-0.2, 0) is 4.79 Å². The van der Waals surface area contributed by atoms with Crippen LogP contribution in [0.3, 0.4) is 0 Å². The first-order valence-electron chi connectivity index (χ1n) is 9.33. The Morgan fingerprint density at radius 3 is 2.59 bits per heavy atom. The predicted molar refractivity (Wildman–Crippen MR) is 100 cm³/mol. The summed E-state index contributed by atoms with van der Waals surface area (Å²) in [4.78, 5) is 33.8. The highest BCUT2D eigenvalue weighted by Gasteiger charge is 2.63. The molecular formula is C20H20F2N4O3. The van der Waals surface area contributed by atoms with E-state index in [0.717, 1.165) is 12.4 Å². The summed E-state index contributed by atoms with van der Waals surface area (Å²) in [5.41, 5.74) is -0.394. The average Bonchev–Trinajstić information content (AvgIpc) is 2.64. The number of carboxylic acid groups (broad SMARTS) is 1. The molecule has 3 heterocycles. The summed E-state index contributed by atoms with van der Waals surface area (Å²) in [5, 5.41) is 12.2. The van der Waals surface area contributed by atoms with Gasteiger partial charge in [0.2, 0.25) is 0 Å². The summed E-state index contributed by atoms with van der Waals surface area (Å²) in [6, 6.07) is 1.78. The minimum Gasteiger partial charge on any atom is -0.479 e. The van der Waals surface area contributed by atoms with Crippen molar-refractivity contribution >= 4 is 17.7 Å². The van der Waals surface area contributed by atoms with Gasteiger partial charge in [0.15, 0.2) is 11.6 Å². The molecule has 152 valence electrons. The Bertz CT molecular complexity index is 998. The molecule has 3 atom stereocenters. The Hall–Kier alpha value is -3.10. The fourth-order valence-corrected chi connectivity index (χ4v) is 4.59. The molecule has 2 bridgehead atoms. The monoisotopic (exact) mass is 402 g/mol. The molecule has 4 rings (SSSR count). The number of nitrogens with one attached hydrogen (secondary N) is 1. The molecule has 2 aliphatic rings.